The molecule has 0 N–H and O–H groups in total. The van der Waals surface area contributed by atoms with Gasteiger partial charge >= 0.3 is 0 Å². The smallest absolute Gasteiger partial charge is 0.134 e. The average molecular weight is 330 g/mol. The van der Waals surface area contributed by atoms with Crippen molar-refractivity contribution in [2.45, 2.75) is 37.6 Å². The van der Waals surface area contributed by atoms with Crippen LogP contribution in [0.4, 0.5) is 0 Å². The average Bonchev–Trinajstić information content (AvgIpc) is 3.18. The molecular formula is C13H20BrN3S. The Morgan fingerprint density at radius 2 is 2.06 bits per heavy atom. The van der Waals surface area contributed by atoms with Crippen LogP contribution in [0.3, 0.4) is 0 Å². The van der Waals surface area contributed by atoms with Crippen molar-refractivity contribution in [1.29, 1.82) is 0 Å². The first kappa shape index (κ1) is 14.3. The van der Waals surface area contributed by atoms with Crippen LogP contribution < -0.4 is 0 Å². The normalized spacial score (nSPS) is 15.3. The molecule has 3 nitrogen and oxygen atoms in total. The summed E-state index contributed by atoms with van der Waals surface area (Å²) >= 11 is 5.31. The van der Waals surface area contributed by atoms with E-state index in [1.165, 1.54) is 12.8 Å². The van der Waals surface area contributed by atoms with E-state index < -0.39 is 0 Å². The molecule has 0 aliphatic heterocycles. The highest BCUT2D eigenvalue weighted by Gasteiger charge is 2.27. The Kier molecular flexibility index (Phi) is 5.45. The molecule has 0 unspecified atom stereocenters. The number of hydrogen-bond donors (Lipinski definition) is 0. The zero-order chi connectivity index (χ0) is 13.0. The Balaban J connectivity index is 1.88. The van der Waals surface area contributed by atoms with Gasteiger partial charge in [0.1, 0.15) is 15.5 Å². The number of halogens is 1. The number of thioether (sulfide) groups is 1. The van der Waals surface area contributed by atoms with Crippen LogP contribution in [0.2, 0.25) is 0 Å². The van der Waals surface area contributed by atoms with Crippen LogP contribution in [-0.4, -0.2) is 40.3 Å². The van der Waals surface area contributed by atoms with E-state index in [4.69, 9.17) is 0 Å². The van der Waals surface area contributed by atoms with E-state index in [-0.39, 0.29) is 0 Å². The summed E-state index contributed by atoms with van der Waals surface area (Å²) in [5.41, 5.74) is 0. The molecule has 0 bridgehead atoms. The van der Waals surface area contributed by atoms with Crippen molar-refractivity contribution in [3.05, 3.63) is 16.5 Å². The number of hydrogen-bond acceptors (Lipinski definition) is 4. The molecule has 1 saturated carbocycles. The predicted octanol–water partition coefficient (Wildman–Crippen LogP) is 3.55. The minimum Gasteiger partial charge on any atom is -0.303 e. The zero-order valence-corrected chi connectivity index (χ0v) is 13.4. The van der Waals surface area contributed by atoms with Crippen LogP contribution in [0.25, 0.3) is 0 Å². The molecule has 0 amide bonds. The summed E-state index contributed by atoms with van der Waals surface area (Å²) in [5.74, 6) is 2.73. The van der Waals surface area contributed by atoms with E-state index in [1.807, 2.05) is 17.8 Å². The highest BCUT2D eigenvalue weighted by atomic mass is 79.9. The van der Waals surface area contributed by atoms with E-state index in [0.717, 1.165) is 40.8 Å². The molecule has 1 aromatic rings. The molecule has 0 spiro atoms. The van der Waals surface area contributed by atoms with E-state index in [0.29, 0.717) is 5.92 Å². The maximum Gasteiger partial charge on any atom is 0.134 e. The molecule has 2 rings (SSSR count). The van der Waals surface area contributed by atoms with Crippen LogP contribution >= 0.6 is 27.7 Å². The first-order chi connectivity index (χ1) is 8.72. The number of nitrogens with zero attached hydrogens (tertiary/aromatic N) is 3. The van der Waals surface area contributed by atoms with Gasteiger partial charge in [-0.3, -0.25) is 0 Å². The van der Waals surface area contributed by atoms with Crippen molar-refractivity contribution < 1.29 is 0 Å². The molecule has 1 aliphatic rings. The molecule has 100 valence electrons. The van der Waals surface area contributed by atoms with Crippen molar-refractivity contribution in [2.75, 3.05) is 25.4 Å². The lowest BCUT2D eigenvalue weighted by Crippen LogP contribution is -2.25. The molecule has 0 aromatic carbocycles. The molecule has 0 atom stereocenters. The quantitative estimate of drug-likeness (QED) is 0.565. The van der Waals surface area contributed by atoms with Crippen molar-refractivity contribution in [3.8, 4) is 0 Å². The summed E-state index contributed by atoms with van der Waals surface area (Å²) < 4.78 is 0.921. The second-order valence-electron chi connectivity index (χ2n) is 4.54. The fourth-order valence-corrected chi connectivity index (χ4v) is 3.29. The highest BCUT2D eigenvalue weighted by Crippen LogP contribution is 2.39. The Labute approximate surface area is 122 Å². The van der Waals surface area contributed by atoms with Gasteiger partial charge in [-0.25, -0.2) is 9.97 Å². The fraction of sp³-hybridized carbons (Fsp3) is 0.692. The predicted molar refractivity (Wildman–Crippen MR) is 80.2 cm³/mol. The summed E-state index contributed by atoms with van der Waals surface area (Å²) in [4.78, 5) is 11.5. The van der Waals surface area contributed by atoms with Crippen LogP contribution in [0.15, 0.2) is 15.7 Å². The molecule has 0 saturated heterocycles. The monoisotopic (exact) mass is 329 g/mol. The van der Waals surface area contributed by atoms with E-state index in [2.05, 4.69) is 44.6 Å². The maximum atomic E-state index is 4.65. The second kappa shape index (κ2) is 6.87. The minimum absolute atomic E-state index is 0.615. The van der Waals surface area contributed by atoms with E-state index in [9.17, 15) is 0 Å². The van der Waals surface area contributed by atoms with Crippen LogP contribution in [0.1, 0.15) is 38.4 Å². The summed E-state index contributed by atoms with van der Waals surface area (Å²) in [5, 5.41) is 1.10. The van der Waals surface area contributed by atoms with Crippen molar-refractivity contribution >= 4 is 27.7 Å². The summed E-state index contributed by atoms with van der Waals surface area (Å²) in [7, 11) is 0. The Morgan fingerprint density at radius 3 is 2.67 bits per heavy atom. The van der Waals surface area contributed by atoms with Crippen molar-refractivity contribution in [2.24, 2.45) is 0 Å². The first-order valence-electron chi connectivity index (χ1n) is 6.62. The van der Waals surface area contributed by atoms with Gasteiger partial charge in [0.25, 0.3) is 0 Å². The Morgan fingerprint density at radius 1 is 1.33 bits per heavy atom. The van der Waals surface area contributed by atoms with Gasteiger partial charge in [-0.15, -0.1) is 11.8 Å². The Bertz CT molecular complexity index is 392. The topological polar surface area (TPSA) is 29.0 Å². The largest absolute Gasteiger partial charge is 0.303 e. The lowest BCUT2D eigenvalue weighted by Gasteiger charge is -2.17. The van der Waals surface area contributed by atoms with Gasteiger partial charge in [0.15, 0.2) is 0 Å². The van der Waals surface area contributed by atoms with Crippen LogP contribution in [0.5, 0.6) is 0 Å². The van der Waals surface area contributed by atoms with Crippen LogP contribution in [0, 0.1) is 0 Å². The standard InChI is InChI=1S/C13H20BrN3S/c1-3-17(4-2)7-8-18-12-9-11(14)15-13(16-12)10-5-6-10/h9-10H,3-8H2,1-2H3. The number of rotatable bonds is 7. The second-order valence-corrected chi connectivity index (χ2v) is 6.46. The summed E-state index contributed by atoms with van der Waals surface area (Å²) in [6.45, 7) is 7.79. The maximum absolute atomic E-state index is 4.65. The van der Waals surface area contributed by atoms with Crippen molar-refractivity contribution in [3.63, 3.8) is 0 Å². The molecule has 5 heteroatoms. The third kappa shape index (κ3) is 4.21. The fourth-order valence-electron chi connectivity index (χ4n) is 1.83. The van der Waals surface area contributed by atoms with Gasteiger partial charge in [-0.2, -0.15) is 0 Å². The highest BCUT2D eigenvalue weighted by molar-refractivity contribution is 9.10. The van der Waals surface area contributed by atoms with E-state index >= 15 is 0 Å². The summed E-state index contributed by atoms with van der Waals surface area (Å²) in [6, 6.07) is 2.03. The lowest BCUT2D eigenvalue weighted by atomic mass is 10.4. The minimum atomic E-state index is 0.615. The van der Waals surface area contributed by atoms with Crippen molar-refractivity contribution in [1.82, 2.24) is 14.9 Å². The molecule has 1 aromatic heterocycles. The van der Waals surface area contributed by atoms with Gasteiger partial charge in [0, 0.05) is 24.3 Å². The molecule has 1 fully saturated rings. The molecule has 1 aliphatic carbocycles. The van der Waals surface area contributed by atoms with Gasteiger partial charge in [0.2, 0.25) is 0 Å². The molecule has 0 radical (unpaired) electrons. The number of aromatic nitrogens is 2. The molecular weight excluding hydrogens is 310 g/mol. The summed E-state index contributed by atoms with van der Waals surface area (Å²) in [6.07, 6.45) is 2.50. The lowest BCUT2D eigenvalue weighted by molar-refractivity contribution is 0.324. The van der Waals surface area contributed by atoms with E-state index in [1.54, 1.807) is 0 Å². The SMILES string of the molecule is CCN(CC)CCSc1cc(Br)nc(C2CC2)n1. The molecule has 1 heterocycles. The van der Waals surface area contributed by atoms with Crippen LogP contribution in [-0.2, 0) is 0 Å². The first-order valence-corrected chi connectivity index (χ1v) is 8.40. The van der Waals surface area contributed by atoms with Gasteiger partial charge < -0.3 is 4.90 Å². The van der Waals surface area contributed by atoms with Gasteiger partial charge in [0.05, 0.1) is 0 Å². The third-order valence-electron chi connectivity index (χ3n) is 3.18. The van der Waals surface area contributed by atoms with Gasteiger partial charge in [-0.05, 0) is 41.9 Å². The van der Waals surface area contributed by atoms with Gasteiger partial charge in [-0.1, -0.05) is 13.8 Å². The third-order valence-corrected chi connectivity index (χ3v) is 4.48. The molecule has 18 heavy (non-hydrogen) atoms. The Hall–Kier alpha value is -0.130. The zero-order valence-electron chi connectivity index (χ0n) is 11.0.